The maximum absolute atomic E-state index is 12.3. The first-order chi connectivity index (χ1) is 12.6. The predicted octanol–water partition coefficient (Wildman–Crippen LogP) is 4.04. The molecule has 2 aromatic rings. The second-order valence-corrected chi connectivity index (χ2v) is 6.62. The van der Waals surface area contributed by atoms with Gasteiger partial charge in [-0.25, -0.2) is 4.98 Å². The van der Waals surface area contributed by atoms with E-state index in [1.54, 1.807) is 36.5 Å². The number of hydrogen-bond donors (Lipinski definition) is 3. The molecule has 0 spiro atoms. The quantitative estimate of drug-likeness (QED) is 0.758. The standard InChI is InChI=1S/C20H24N4O2/c1-14(25)22-17-8-10-18(11-9-17)24-20(26)15-7-12-19(21-13-15)23-16-5-3-2-4-6-16/h7-13,16H,2-6H2,1H3,(H,21,23)(H,22,25)(H,24,26). The SMILES string of the molecule is CC(=O)Nc1ccc(NC(=O)c2ccc(NC3CCCCC3)nc2)cc1. The van der Waals surface area contributed by atoms with Gasteiger partial charge in [-0.3, -0.25) is 9.59 Å². The minimum absolute atomic E-state index is 0.130. The fourth-order valence-electron chi connectivity index (χ4n) is 3.11. The summed E-state index contributed by atoms with van der Waals surface area (Å²) in [5.74, 6) is 0.469. The smallest absolute Gasteiger partial charge is 0.257 e. The van der Waals surface area contributed by atoms with E-state index in [9.17, 15) is 9.59 Å². The highest BCUT2D eigenvalue weighted by atomic mass is 16.2. The number of carbonyl (C=O) groups is 2. The average Bonchev–Trinajstić information content (AvgIpc) is 2.64. The van der Waals surface area contributed by atoms with Crippen molar-refractivity contribution in [1.82, 2.24) is 4.98 Å². The van der Waals surface area contributed by atoms with E-state index in [0.29, 0.717) is 23.0 Å². The molecule has 0 bridgehead atoms. The first kappa shape index (κ1) is 17.9. The number of benzene rings is 1. The molecule has 2 amide bonds. The summed E-state index contributed by atoms with van der Waals surface area (Å²) in [7, 11) is 0. The average molecular weight is 352 g/mol. The number of anilines is 3. The molecule has 0 aliphatic heterocycles. The Kier molecular flexibility index (Phi) is 5.84. The van der Waals surface area contributed by atoms with Crippen molar-refractivity contribution in [1.29, 1.82) is 0 Å². The van der Waals surface area contributed by atoms with Crippen molar-refractivity contribution in [2.24, 2.45) is 0 Å². The Balaban J connectivity index is 1.56. The van der Waals surface area contributed by atoms with Gasteiger partial charge in [0.2, 0.25) is 5.91 Å². The molecule has 0 unspecified atom stereocenters. The summed E-state index contributed by atoms with van der Waals surface area (Å²) >= 11 is 0. The second kappa shape index (κ2) is 8.47. The van der Waals surface area contributed by atoms with Crippen LogP contribution in [0.25, 0.3) is 0 Å². The Labute approximate surface area is 153 Å². The molecule has 1 heterocycles. The number of nitrogens with one attached hydrogen (secondary N) is 3. The first-order valence-corrected chi connectivity index (χ1v) is 9.02. The van der Waals surface area contributed by atoms with Gasteiger partial charge < -0.3 is 16.0 Å². The molecule has 1 aromatic heterocycles. The van der Waals surface area contributed by atoms with E-state index >= 15 is 0 Å². The fourth-order valence-corrected chi connectivity index (χ4v) is 3.11. The minimum Gasteiger partial charge on any atom is -0.367 e. The van der Waals surface area contributed by atoms with Crippen LogP contribution in [-0.4, -0.2) is 22.8 Å². The van der Waals surface area contributed by atoms with Gasteiger partial charge in [-0.05, 0) is 49.2 Å². The molecular formula is C20H24N4O2. The van der Waals surface area contributed by atoms with Crippen LogP contribution in [-0.2, 0) is 4.79 Å². The molecule has 1 aliphatic rings. The van der Waals surface area contributed by atoms with Crippen LogP contribution < -0.4 is 16.0 Å². The highest BCUT2D eigenvalue weighted by Crippen LogP contribution is 2.21. The van der Waals surface area contributed by atoms with Crippen molar-refractivity contribution in [3.63, 3.8) is 0 Å². The van der Waals surface area contributed by atoms with Gasteiger partial charge in [0.25, 0.3) is 5.91 Å². The second-order valence-electron chi connectivity index (χ2n) is 6.62. The van der Waals surface area contributed by atoms with Crippen molar-refractivity contribution in [3.8, 4) is 0 Å². The highest BCUT2D eigenvalue weighted by molar-refractivity contribution is 6.04. The monoisotopic (exact) mass is 352 g/mol. The molecular weight excluding hydrogens is 328 g/mol. The number of pyridine rings is 1. The number of rotatable bonds is 5. The molecule has 0 saturated heterocycles. The molecule has 3 N–H and O–H groups in total. The normalized spacial score (nSPS) is 14.5. The van der Waals surface area contributed by atoms with Crippen molar-refractivity contribution in [2.45, 2.75) is 45.1 Å². The molecule has 3 rings (SSSR count). The van der Waals surface area contributed by atoms with Gasteiger partial charge in [-0.15, -0.1) is 0 Å². The van der Waals surface area contributed by atoms with Gasteiger partial charge in [0.1, 0.15) is 5.82 Å². The van der Waals surface area contributed by atoms with Gasteiger partial charge >= 0.3 is 0 Å². The maximum atomic E-state index is 12.3. The lowest BCUT2D eigenvalue weighted by Crippen LogP contribution is -2.22. The molecule has 0 atom stereocenters. The van der Waals surface area contributed by atoms with Crippen LogP contribution in [0.2, 0.25) is 0 Å². The summed E-state index contributed by atoms with van der Waals surface area (Å²) in [5, 5.41) is 8.96. The molecule has 1 saturated carbocycles. The Morgan fingerprint density at radius 3 is 2.15 bits per heavy atom. The Morgan fingerprint density at radius 1 is 0.923 bits per heavy atom. The summed E-state index contributed by atoms with van der Waals surface area (Å²) in [4.78, 5) is 27.7. The third-order valence-electron chi connectivity index (χ3n) is 4.45. The first-order valence-electron chi connectivity index (χ1n) is 9.02. The number of aromatic nitrogens is 1. The third-order valence-corrected chi connectivity index (χ3v) is 4.45. The van der Waals surface area contributed by atoms with E-state index in [1.165, 1.54) is 39.0 Å². The van der Waals surface area contributed by atoms with E-state index < -0.39 is 0 Å². The Morgan fingerprint density at radius 2 is 1.58 bits per heavy atom. The van der Waals surface area contributed by atoms with E-state index in [2.05, 4.69) is 20.9 Å². The van der Waals surface area contributed by atoms with Crippen LogP contribution in [0, 0.1) is 0 Å². The van der Waals surface area contributed by atoms with Gasteiger partial charge in [0, 0.05) is 30.5 Å². The molecule has 6 nitrogen and oxygen atoms in total. The van der Waals surface area contributed by atoms with Crippen molar-refractivity contribution in [2.75, 3.05) is 16.0 Å². The van der Waals surface area contributed by atoms with Crippen LogP contribution in [0.3, 0.4) is 0 Å². The highest BCUT2D eigenvalue weighted by Gasteiger charge is 2.14. The summed E-state index contributed by atoms with van der Waals surface area (Å²) in [6.45, 7) is 1.45. The van der Waals surface area contributed by atoms with E-state index in [0.717, 1.165) is 5.82 Å². The lowest BCUT2D eigenvalue weighted by Gasteiger charge is -2.23. The van der Waals surface area contributed by atoms with Crippen LogP contribution in [0.1, 0.15) is 49.4 Å². The summed E-state index contributed by atoms with van der Waals surface area (Å²) < 4.78 is 0. The van der Waals surface area contributed by atoms with E-state index in [1.807, 2.05) is 6.07 Å². The molecule has 1 fully saturated rings. The number of amides is 2. The third kappa shape index (κ3) is 5.05. The zero-order chi connectivity index (χ0) is 18.4. The van der Waals surface area contributed by atoms with Crippen LogP contribution in [0.15, 0.2) is 42.6 Å². The fraction of sp³-hybridized carbons (Fsp3) is 0.350. The minimum atomic E-state index is -0.214. The van der Waals surface area contributed by atoms with Crippen LogP contribution in [0.4, 0.5) is 17.2 Å². The lowest BCUT2D eigenvalue weighted by molar-refractivity contribution is -0.114. The predicted molar refractivity (Wildman–Crippen MR) is 103 cm³/mol. The number of carbonyl (C=O) groups excluding carboxylic acids is 2. The largest absolute Gasteiger partial charge is 0.367 e. The van der Waals surface area contributed by atoms with Gasteiger partial charge in [-0.2, -0.15) is 0 Å². The van der Waals surface area contributed by atoms with E-state index in [4.69, 9.17) is 0 Å². The Bertz CT molecular complexity index is 750. The number of nitrogens with zero attached hydrogens (tertiary/aromatic N) is 1. The number of hydrogen-bond acceptors (Lipinski definition) is 4. The molecule has 1 aliphatic carbocycles. The van der Waals surface area contributed by atoms with Crippen molar-refractivity contribution < 1.29 is 9.59 Å². The van der Waals surface area contributed by atoms with Crippen LogP contribution in [0.5, 0.6) is 0 Å². The topological polar surface area (TPSA) is 83.1 Å². The summed E-state index contributed by atoms with van der Waals surface area (Å²) in [6, 6.07) is 11.1. The molecule has 26 heavy (non-hydrogen) atoms. The van der Waals surface area contributed by atoms with Gasteiger partial charge in [0.05, 0.1) is 5.56 Å². The van der Waals surface area contributed by atoms with Gasteiger partial charge in [0.15, 0.2) is 0 Å². The molecule has 136 valence electrons. The maximum Gasteiger partial charge on any atom is 0.257 e. The van der Waals surface area contributed by atoms with Crippen molar-refractivity contribution >= 4 is 29.0 Å². The molecule has 6 heteroatoms. The summed E-state index contributed by atoms with van der Waals surface area (Å²) in [6.07, 6.45) is 7.79. The summed E-state index contributed by atoms with van der Waals surface area (Å²) in [5.41, 5.74) is 1.86. The zero-order valence-electron chi connectivity index (χ0n) is 14.9. The van der Waals surface area contributed by atoms with E-state index in [-0.39, 0.29) is 11.8 Å². The van der Waals surface area contributed by atoms with Crippen molar-refractivity contribution in [3.05, 3.63) is 48.2 Å². The molecule has 1 aromatic carbocycles. The van der Waals surface area contributed by atoms with Crippen LogP contribution >= 0.6 is 0 Å². The zero-order valence-corrected chi connectivity index (χ0v) is 14.9. The lowest BCUT2D eigenvalue weighted by atomic mass is 9.95. The Hall–Kier alpha value is -2.89. The van der Waals surface area contributed by atoms with Gasteiger partial charge in [-0.1, -0.05) is 19.3 Å². The molecule has 0 radical (unpaired) electrons.